The number of rotatable bonds is 6. The summed E-state index contributed by atoms with van der Waals surface area (Å²) >= 11 is 4.13. The largest absolute Gasteiger partial charge is 0.488 e. The molecule has 0 aromatic carbocycles. The molecule has 20 heavy (non-hydrogen) atoms. The zero-order chi connectivity index (χ0) is 14.6. The van der Waals surface area contributed by atoms with E-state index in [1.54, 1.807) is 11.3 Å². The highest BCUT2D eigenvalue weighted by Crippen LogP contribution is 2.47. The topological polar surface area (TPSA) is 18.5 Å². The van der Waals surface area contributed by atoms with Gasteiger partial charge in [0.15, 0.2) is 11.5 Å². The molecule has 0 radical (unpaired) electrons. The lowest BCUT2D eigenvalue weighted by Crippen LogP contribution is -2.33. The standard InChI is InChI=1S/C16H25IO2S/c1-4-6-8-16(9-7-5-2)10-18-13-12(3)20-15(17)14(13)19-11-16/h4-11H2,1-3H3. The van der Waals surface area contributed by atoms with Crippen molar-refractivity contribution in [2.45, 2.75) is 59.3 Å². The van der Waals surface area contributed by atoms with Gasteiger partial charge in [-0.25, -0.2) is 0 Å². The van der Waals surface area contributed by atoms with Crippen LogP contribution in [0.15, 0.2) is 0 Å². The maximum absolute atomic E-state index is 6.19. The van der Waals surface area contributed by atoms with Crippen LogP contribution in [0.2, 0.25) is 0 Å². The van der Waals surface area contributed by atoms with E-state index in [-0.39, 0.29) is 5.41 Å². The van der Waals surface area contributed by atoms with Gasteiger partial charge in [0.1, 0.15) is 2.88 Å². The van der Waals surface area contributed by atoms with Crippen LogP contribution < -0.4 is 9.47 Å². The van der Waals surface area contributed by atoms with Gasteiger partial charge in [0, 0.05) is 10.3 Å². The lowest BCUT2D eigenvalue weighted by molar-refractivity contribution is 0.0790. The molecule has 0 amide bonds. The Bertz CT molecular complexity index is 403. The fourth-order valence-corrected chi connectivity index (χ4v) is 4.92. The lowest BCUT2D eigenvalue weighted by Gasteiger charge is -2.31. The van der Waals surface area contributed by atoms with Crippen molar-refractivity contribution in [2.24, 2.45) is 5.41 Å². The molecule has 1 aromatic heterocycles. The van der Waals surface area contributed by atoms with Gasteiger partial charge in [0.05, 0.1) is 13.2 Å². The predicted molar refractivity (Wildman–Crippen MR) is 94.2 cm³/mol. The van der Waals surface area contributed by atoms with Crippen LogP contribution in [0.1, 0.15) is 57.2 Å². The number of ether oxygens (including phenoxy) is 2. The summed E-state index contributed by atoms with van der Waals surface area (Å²) < 4.78 is 13.6. The van der Waals surface area contributed by atoms with Crippen LogP contribution in [0.4, 0.5) is 0 Å². The van der Waals surface area contributed by atoms with Gasteiger partial charge < -0.3 is 9.47 Å². The van der Waals surface area contributed by atoms with Crippen molar-refractivity contribution in [3.05, 3.63) is 7.76 Å². The number of thiophene rings is 1. The number of hydrogen-bond acceptors (Lipinski definition) is 3. The summed E-state index contributed by atoms with van der Waals surface area (Å²) in [6.07, 6.45) is 7.44. The van der Waals surface area contributed by atoms with Crippen molar-refractivity contribution in [2.75, 3.05) is 13.2 Å². The number of halogens is 1. The number of hydrogen-bond donors (Lipinski definition) is 0. The van der Waals surface area contributed by atoms with E-state index in [2.05, 4.69) is 43.4 Å². The average molecular weight is 408 g/mol. The summed E-state index contributed by atoms with van der Waals surface area (Å²) in [6, 6.07) is 0. The van der Waals surface area contributed by atoms with Gasteiger partial charge in [0.25, 0.3) is 0 Å². The second-order valence-corrected chi connectivity index (χ2v) is 8.91. The fourth-order valence-electron chi connectivity index (χ4n) is 2.78. The Hall–Kier alpha value is 0.0300. The van der Waals surface area contributed by atoms with E-state index < -0.39 is 0 Å². The maximum atomic E-state index is 6.19. The van der Waals surface area contributed by atoms with Crippen LogP contribution in [0.3, 0.4) is 0 Å². The molecule has 0 atom stereocenters. The molecule has 0 N–H and O–H groups in total. The zero-order valence-corrected chi connectivity index (χ0v) is 15.7. The third kappa shape index (κ3) is 3.62. The van der Waals surface area contributed by atoms with Gasteiger partial charge in [-0.15, -0.1) is 11.3 Å². The first-order chi connectivity index (χ1) is 9.62. The Morgan fingerprint density at radius 1 is 1.05 bits per heavy atom. The van der Waals surface area contributed by atoms with E-state index in [9.17, 15) is 0 Å². The summed E-state index contributed by atoms with van der Waals surface area (Å²) in [4.78, 5) is 1.24. The quantitative estimate of drug-likeness (QED) is 0.554. The second-order valence-electron chi connectivity index (χ2n) is 5.87. The van der Waals surface area contributed by atoms with Crippen molar-refractivity contribution < 1.29 is 9.47 Å². The maximum Gasteiger partial charge on any atom is 0.185 e. The number of fused-ring (bicyclic) bond motifs is 1. The van der Waals surface area contributed by atoms with Gasteiger partial charge in [-0.1, -0.05) is 39.5 Å². The number of aryl methyl sites for hydroxylation is 1. The van der Waals surface area contributed by atoms with E-state index >= 15 is 0 Å². The van der Waals surface area contributed by atoms with Crippen LogP contribution in [-0.2, 0) is 0 Å². The Morgan fingerprint density at radius 3 is 2.15 bits per heavy atom. The average Bonchev–Trinajstić information content (AvgIpc) is 2.62. The van der Waals surface area contributed by atoms with Crippen LogP contribution in [0.5, 0.6) is 11.5 Å². The van der Waals surface area contributed by atoms with Gasteiger partial charge in [0.2, 0.25) is 0 Å². The monoisotopic (exact) mass is 408 g/mol. The van der Waals surface area contributed by atoms with E-state index in [0.29, 0.717) is 0 Å². The Kier molecular flexibility index (Phi) is 6.02. The Labute approximate surface area is 140 Å². The van der Waals surface area contributed by atoms with Crippen molar-refractivity contribution in [3.8, 4) is 11.5 Å². The van der Waals surface area contributed by atoms with Crippen LogP contribution in [-0.4, -0.2) is 13.2 Å². The Morgan fingerprint density at radius 2 is 1.60 bits per heavy atom. The summed E-state index contributed by atoms with van der Waals surface area (Å²) in [5.74, 6) is 1.98. The summed E-state index contributed by atoms with van der Waals surface area (Å²) in [6.45, 7) is 8.27. The molecule has 2 nitrogen and oxygen atoms in total. The fraction of sp³-hybridized carbons (Fsp3) is 0.750. The first-order valence-electron chi connectivity index (χ1n) is 7.66. The molecule has 0 aliphatic carbocycles. The highest BCUT2D eigenvalue weighted by molar-refractivity contribution is 14.1. The zero-order valence-electron chi connectivity index (χ0n) is 12.8. The normalized spacial score (nSPS) is 17.0. The minimum Gasteiger partial charge on any atom is -0.488 e. The molecule has 0 saturated carbocycles. The second kappa shape index (κ2) is 7.34. The molecule has 0 bridgehead atoms. The highest BCUT2D eigenvalue weighted by Gasteiger charge is 2.35. The summed E-state index contributed by atoms with van der Waals surface area (Å²) in [5.41, 5.74) is 0.207. The van der Waals surface area contributed by atoms with E-state index in [1.807, 2.05) is 0 Å². The van der Waals surface area contributed by atoms with Gasteiger partial charge >= 0.3 is 0 Å². The minimum atomic E-state index is 0.207. The molecule has 1 aliphatic heterocycles. The third-order valence-electron chi connectivity index (χ3n) is 4.11. The predicted octanol–water partition coefficient (Wildman–Crippen LogP) is 5.80. The summed E-state index contributed by atoms with van der Waals surface area (Å²) in [7, 11) is 0. The molecule has 1 aromatic rings. The number of unbranched alkanes of at least 4 members (excludes halogenated alkanes) is 2. The molecule has 1 aliphatic rings. The molecule has 4 heteroatoms. The molecule has 0 unspecified atom stereocenters. The molecule has 0 spiro atoms. The molecular formula is C16H25IO2S. The van der Waals surface area contributed by atoms with Crippen LogP contribution >= 0.6 is 33.9 Å². The first-order valence-corrected chi connectivity index (χ1v) is 9.56. The summed E-state index contributed by atoms with van der Waals surface area (Å²) in [5, 5.41) is 0. The van der Waals surface area contributed by atoms with Crippen molar-refractivity contribution in [1.29, 1.82) is 0 Å². The molecule has 0 fully saturated rings. The smallest absolute Gasteiger partial charge is 0.185 e. The van der Waals surface area contributed by atoms with Crippen molar-refractivity contribution in [3.63, 3.8) is 0 Å². The van der Waals surface area contributed by atoms with Gasteiger partial charge in [-0.2, -0.15) is 0 Å². The van der Waals surface area contributed by atoms with Crippen molar-refractivity contribution in [1.82, 2.24) is 0 Å². The molecule has 114 valence electrons. The van der Waals surface area contributed by atoms with Crippen LogP contribution in [0, 0.1) is 15.2 Å². The van der Waals surface area contributed by atoms with E-state index in [0.717, 1.165) is 24.7 Å². The van der Waals surface area contributed by atoms with Crippen LogP contribution in [0.25, 0.3) is 0 Å². The minimum absolute atomic E-state index is 0.207. The molecule has 0 saturated heterocycles. The highest BCUT2D eigenvalue weighted by atomic mass is 127. The van der Waals surface area contributed by atoms with E-state index in [1.165, 1.54) is 46.3 Å². The molecular weight excluding hydrogens is 383 g/mol. The van der Waals surface area contributed by atoms with Crippen molar-refractivity contribution >= 4 is 33.9 Å². The lowest BCUT2D eigenvalue weighted by atomic mass is 9.79. The third-order valence-corrected chi connectivity index (χ3v) is 6.12. The Balaban J connectivity index is 2.15. The molecule has 2 heterocycles. The SMILES string of the molecule is CCCCC1(CCCC)COc2c(C)sc(I)c2OC1. The molecule has 2 rings (SSSR count). The van der Waals surface area contributed by atoms with Gasteiger partial charge in [-0.05, 0) is 42.4 Å². The first kappa shape index (κ1) is 16.4. The van der Waals surface area contributed by atoms with E-state index in [4.69, 9.17) is 9.47 Å². The van der Waals surface area contributed by atoms with Gasteiger partial charge in [-0.3, -0.25) is 0 Å².